The average Bonchev–Trinajstić information content (AvgIpc) is 3.65. The molecule has 4 aromatic rings. The van der Waals surface area contributed by atoms with Crippen molar-refractivity contribution in [3.05, 3.63) is 108 Å². The number of H-pyrrole nitrogens is 1. The zero-order chi connectivity index (χ0) is 29.3. The molecule has 0 bridgehead atoms. The molecule has 1 amide bonds. The van der Waals surface area contributed by atoms with Gasteiger partial charge in [-0.15, -0.1) is 0 Å². The predicted molar refractivity (Wildman–Crippen MR) is 157 cm³/mol. The lowest BCUT2D eigenvalue weighted by Crippen LogP contribution is -2.51. The number of ether oxygens (including phenoxy) is 3. The summed E-state index contributed by atoms with van der Waals surface area (Å²) in [6.07, 6.45) is 2.67. The number of benzene rings is 3. The number of likely N-dealkylation sites (tertiary alicyclic amines) is 1. The van der Waals surface area contributed by atoms with Crippen LogP contribution in [0.25, 0.3) is 10.9 Å². The minimum Gasteiger partial charge on any atom is -0.467 e. The highest BCUT2D eigenvalue weighted by atomic mass is 16.6. The van der Waals surface area contributed by atoms with Crippen LogP contribution in [-0.4, -0.2) is 59.7 Å². The Bertz CT molecular complexity index is 1490. The lowest BCUT2D eigenvalue weighted by atomic mass is 10.0. The van der Waals surface area contributed by atoms with Gasteiger partial charge in [0.15, 0.2) is 0 Å². The molecule has 1 aliphatic rings. The molecular weight excluding hydrogens is 534 g/mol. The number of fused-ring (bicyclic) bond motifs is 1. The van der Waals surface area contributed by atoms with E-state index in [0.29, 0.717) is 19.3 Å². The third kappa shape index (κ3) is 6.98. The monoisotopic (exact) mass is 569 g/mol. The lowest BCUT2D eigenvalue weighted by molar-refractivity contribution is -0.148. The Labute approximate surface area is 244 Å². The maximum atomic E-state index is 13.4. The number of nitrogens with zero attached hydrogens (tertiary/aromatic N) is 1. The molecule has 42 heavy (non-hydrogen) atoms. The number of aromatic nitrogens is 1. The fourth-order valence-corrected chi connectivity index (χ4v) is 5.39. The third-order valence-electron chi connectivity index (χ3n) is 7.60. The van der Waals surface area contributed by atoms with E-state index in [1.54, 1.807) is 0 Å². The number of carbonyl (C=O) groups excluding carboxylic acids is 3. The lowest BCUT2D eigenvalue weighted by Gasteiger charge is -2.29. The Kier molecular flexibility index (Phi) is 9.51. The Hall–Kier alpha value is -4.63. The molecule has 0 saturated carbocycles. The summed E-state index contributed by atoms with van der Waals surface area (Å²) in [6, 6.07) is 24.9. The van der Waals surface area contributed by atoms with E-state index >= 15 is 0 Å². The number of aromatic amines is 1. The van der Waals surface area contributed by atoms with Crippen molar-refractivity contribution >= 4 is 28.9 Å². The van der Waals surface area contributed by atoms with Gasteiger partial charge in [0.25, 0.3) is 0 Å². The summed E-state index contributed by atoms with van der Waals surface area (Å²) < 4.78 is 16.3. The highest BCUT2D eigenvalue weighted by molar-refractivity contribution is 5.85. The molecule has 3 atom stereocenters. The maximum Gasteiger partial charge on any atom is 0.411 e. The topological polar surface area (TPSA) is 110 Å². The molecule has 3 aromatic carbocycles. The molecule has 0 unspecified atom stereocenters. The fourth-order valence-electron chi connectivity index (χ4n) is 5.39. The van der Waals surface area contributed by atoms with Crippen LogP contribution in [0.5, 0.6) is 0 Å². The van der Waals surface area contributed by atoms with Crippen molar-refractivity contribution in [3.8, 4) is 0 Å². The molecule has 2 heterocycles. The SMILES string of the molecule is COC(=O)[C@H]1CC[C@H](CN[C@H](Cc2c[nH]c3ccccc23)C(=O)OCc2ccccc2)N1C(=O)OCc1ccccc1. The van der Waals surface area contributed by atoms with Crippen LogP contribution in [0, 0.1) is 0 Å². The highest BCUT2D eigenvalue weighted by Crippen LogP contribution is 2.27. The third-order valence-corrected chi connectivity index (χ3v) is 7.60. The smallest absolute Gasteiger partial charge is 0.411 e. The molecule has 1 saturated heterocycles. The van der Waals surface area contributed by atoms with Gasteiger partial charge in [-0.05, 0) is 35.6 Å². The van der Waals surface area contributed by atoms with Crippen LogP contribution in [0.15, 0.2) is 91.1 Å². The molecule has 0 spiro atoms. The van der Waals surface area contributed by atoms with E-state index in [9.17, 15) is 14.4 Å². The normalized spacial score (nSPS) is 17.1. The molecule has 0 aliphatic carbocycles. The van der Waals surface area contributed by atoms with Crippen molar-refractivity contribution in [1.82, 2.24) is 15.2 Å². The van der Waals surface area contributed by atoms with Crippen molar-refractivity contribution in [1.29, 1.82) is 0 Å². The van der Waals surface area contributed by atoms with Crippen LogP contribution >= 0.6 is 0 Å². The first kappa shape index (κ1) is 28.9. The van der Waals surface area contributed by atoms with E-state index in [1.165, 1.54) is 12.0 Å². The number of para-hydroxylation sites is 1. The first-order valence-corrected chi connectivity index (χ1v) is 14.1. The van der Waals surface area contributed by atoms with Gasteiger partial charge in [0, 0.05) is 36.1 Å². The van der Waals surface area contributed by atoms with Gasteiger partial charge >= 0.3 is 18.0 Å². The zero-order valence-electron chi connectivity index (χ0n) is 23.5. The minimum atomic E-state index is -0.762. The standard InChI is InChI=1S/C33H35N3O6/c1-40-32(38)30-17-16-26(36(30)33(39)42-22-24-12-6-3-7-13-24)20-35-29(31(37)41-21-23-10-4-2-5-11-23)18-25-19-34-28-15-9-8-14-27(25)28/h2-15,19,26,29-30,34-35H,16-18,20-22H2,1H3/t26-,29-,30-/m1/s1. The summed E-state index contributed by atoms with van der Waals surface area (Å²) in [7, 11) is 1.31. The zero-order valence-corrected chi connectivity index (χ0v) is 23.5. The van der Waals surface area contributed by atoms with Crippen molar-refractivity contribution in [2.45, 2.75) is 50.6 Å². The maximum absolute atomic E-state index is 13.4. The number of amides is 1. The van der Waals surface area contributed by atoms with E-state index in [4.69, 9.17) is 14.2 Å². The van der Waals surface area contributed by atoms with E-state index in [1.807, 2.05) is 91.1 Å². The summed E-state index contributed by atoms with van der Waals surface area (Å²) in [5, 5.41) is 4.37. The van der Waals surface area contributed by atoms with Crippen LogP contribution < -0.4 is 5.32 Å². The van der Waals surface area contributed by atoms with Gasteiger partial charge in [0.05, 0.1) is 7.11 Å². The first-order valence-electron chi connectivity index (χ1n) is 14.1. The number of carbonyl (C=O) groups is 3. The molecule has 0 radical (unpaired) electrons. The van der Waals surface area contributed by atoms with Crippen LogP contribution in [0.3, 0.4) is 0 Å². The predicted octanol–water partition coefficient (Wildman–Crippen LogP) is 4.75. The number of methoxy groups -OCH3 is 1. The summed E-state index contributed by atoms with van der Waals surface area (Å²) >= 11 is 0. The molecule has 1 fully saturated rings. The molecule has 9 heteroatoms. The van der Waals surface area contributed by atoms with Gasteiger partial charge in [-0.3, -0.25) is 9.69 Å². The van der Waals surface area contributed by atoms with Crippen molar-refractivity contribution in [2.75, 3.05) is 13.7 Å². The molecule has 218 valence electrons. The van der Waals surface area contributed by atoms with Crippen molar-refractivity contribution in [2.24, 2.45) is 0 Å². The second-order valence-electron chi connectivity index (χ2n) is 10.3. The van der Waals surface area contributed by atoms with Gasteiger partial charge in [0.1, 0.15) is 25.3 Å². The van der Waals surface area contributed by atoms with Gasteiger partial charge in [-0.25, -0.2) is 9.59 Å². The Morgan fingerprint density at radius 1 is 0.881 bits per heavy atom. The average molecular weight is 570 g/mol. The largest absolute Gasteiger partial charge is 0.467 e. The molecular formula is C33H35N3O6. The Balaban J connectivity index is 1.30. The van der Waals surface area contributed by atoms with Gasteiger partial charge < -0.3 is 24.5 Å². The second kappa shape index (κ2) is 13.8. The fraction of sp³-hybridized carbons (Fsp3) is 0.303. The number of hydrogen-bond acceptors (Lipinski definition) is 7. The molecule has 2 N–H and O–H groups in total. The molecule has 9 nitrogen and oxygen atoms in total. The van der Waals surface area contributed by atoms with Gasteiger partial charge in [0.2, 0.25) is 0 Å². The van der Waals surface area contributed by atoms with Crippen molar-refractivity contribution < 1.29 is 28.6 Å². The molecule has 1 aliphatic heterocycles. The summed E-state index contributed by atoms with van der Waals surface area (Å²) in [4.78, 5) is 44.0. The number of rotatable bonds is 11. The number of nitrogens with one attached hydrogen (secondary N) is 2. The first-order chi connectivity index (χ1) is 20.5. The molecule has 1 aromatic heterocycles. The Morgan fingerprint density at radius 3 is 2.21 bits per heavy atom. The van der Waals surface area contributed by atoms with Crippen LogP contribution in [-0.2, 0) is 43.4 Å². The van der Waals surface area contributed by atoms with E-state index < -0.39 is 30.1 Å². The van der Waals surface area contributed by atoms with Crippen molar-refractivity contribution in [3.63, 3.8) is 0 Å². The van der Waals surface area contributed by atoms with Gasteiger partial charge in [-0.1, -0.05) is 78.9 Å². The minimum absolute atomic E-state index is 0.0826. The number of hydrogen-bond donors (Lipinski definition) is 2. The van der Waals surface area contributed by atoms with E-state index in [2.05, 4.69) is 10.3 Å². The quantitative estimate of drug-likeness (QED) is 0.198. The second-order valence-corrected chi connectivity index (χ2v) is 10.3. The van der Waals surface area contributed by atoms with Crippen LogP contribution in [0.4, 0.5) is 4.79 Å². The summed E-state index contributed by atoms with van der Waals surface area (Å²) in [6.45, 7) is 0.498. The highest BCUT2D eigenvalue weighted by Gasteiger charge is 2.43. The summed E-state index contributed by atoms with van der Waals surface area (Å²) in [5.41, 5.74) is 3.68. The van der Waals surface area contributed by atoms with E-state index in [-0.39, 0.29) is 25.8 Å². The van der Waals surface area contributed by atoms with Crippen LogP contribution in [0.1, 0.15) is 29.5 Å². The van der Waals surface area contributed by atoms with E-state index in [0.717, 1.165) is 27.6 Å². The number of esters is 2. The Morgan fingerprint density at radius 2 is 1.52 bits per heavy atom. The summed E-state index contributed by atoms with van der Waals surface area (Å²) in [5.74, 6) is -0.892. The van der Waals surface area contributed by atoms with Crippen LogP contribution in [0.2, 0.25) is 0 Å². The van der Waals surface area contributed by atoms with Gasteiger partial charge in [-0.2, -0.15) is 0 Å². The molecule has 5 rings (SSSR count).